The van der Waals surface area contributed by atoms with Crippen LogP contribution in [-0.4, -0.2) is 29.8 Å². The quantitative estimate of drug-likeness (QED) is 0.0421. The molecule has 0 fully saturated rings. The summed E-state index contributed by atoms with van der Waals surface area (Å²) in [6, 6.07) is 18.1. The summed E-state index contributed by atoms with van der Waals surface area (Å²) >= 11 is 0. The molecule has 316 valence electrons. The molecule has 62 heavy (non-hydrogen) atoms. The van der Waals surface area contributed by atoms with Crippen molar-refractivity contribution in [3.8, 4) is 40.2 Å². The fraction of sp³-hybridized carbons (Fsp3) is 0.122. The van der Waals surface area contributed by atoms with Crippen molar-refractivity contribution in [2.45, 2.75) is 40.8 Å². The Morgan fingerprint density at radius 1 is 0.694 bits per heavy atom. The van der Waals surface area contributed by atoms with Gasteiger partial charge in [0.25, 0.3) is 0 Å². The van der Waals surface area contributed by atoms with Crippen LogP contribution in [0.15, 0.2) is 134 Å². The van der Waals surface area contributed by atoms with Crippen molar-refractivity contribution in [1.29, 1.82) is 0 Å². The number of ether oxygens (including phenoxy) is 5. The van der Waals surface area contributed by atoms with Crippen LogP contribution in [0.25, 0.3) is 22.8 Å². The first-order valence-electron chi connectivity index (χ1n) is 18.3. The summed E-state index contributed by atoms with van der Waals surface area (Å²) in [7, 11) is 0. The van der Waals surface area contributed by atoms with E-state index < -0.39 is 64.0 Å². The standard InChI is InChI=1S/C49H39F3O10/c1-10-43(53)62-44-39(23-24-58-45(54)28(2)3)38(21-13-33-11-14-35(15-12-33)36-18-22-42(31(8)25-36)61-47(56)30(6)7)41(49(50,51)52)26-40(44)48(57)59-27-32(9)34-16-19-37(20-17-34)60-46(55)29(4)5/h10-12,14-20,22-27H,1-2,4,6H2,3,5,7-9H3/b24-23+,32-27+. The number of aryl methyl sites for hydroxylation is 1. The van der Waals surface area contributed by atoms with E-state index in [4.69, 9.17) is 23.7 Å². The van der Waals surface area contributed by atoms with E-state index in [0.29, 0.717) is 34.1 Å². The second-order valence-electron chi connectivity index (χ2n) is 13.6. The number of alkyl halides is 3. The fourth-order valence-corrected chi connectivity index (χ4v) is 5.14. The maximum Gasteiger partial charge on any atom is 0.417 e. The average Bonchev–Trinajstić information content (AvgIpc) is 3.22. The minimum Gasteiger partial charge on any atom is -0.431 e. The van der Waals surface area contributed by atoms with E-state index in [1.165, 1.54) is 32.9 Å². The lowest BCUT2D eigenvalue weighted by molar-refractivity contribution is -0.138. The number of carbonyl (C=O) groups is 5. The Bertz CT molecular complexity index is 2630. The molecule has 0 aliphatic heterocycles. The van der Waals surface area contributed by atoms with E-state index in [1.807, 2.05) is 0 Å². The number of hydrogen-bond donors (Lipinski definition) is 0. The third kappa shape index (κ3) is 12.3. The number of benzene rings is 4. The molecule has 10 nitrogen and oxygen atoms in total. The second kappa shape index (κ2) is 20.3. The minimum absolute atomic E-state index is 0.0354. The van der Waals surface area contributed by atoms with Gasteiger partial charge in [0.15, 0.2) is 5.75 Å². The molecule has 0 N–H and O–H groups in total. The molecule has 0 unspecified atom stereocenters. The molecule has 0 bridgehead atoms. The number of carbonyl (C=O) groups excluding carboxylic acids is 5. The van der Waals surface area contributed by atoms with Crippen LogP contribution in [0.4, 0.5) is 13.2 Å². The number of esters is 5. The van der Waals surface area contributed by atoms with Gasteiger partial charge in [0.05, 0.1) is 18.1 Å². The van der Waals surface area contributed by atoms with E-state index in [0.717, 1.165) is 30.2 Å². The van der Waals surface area contributed by atoms with Crippen LogP contribution in [0.1, 0.15) is 71.4 Å². The van der Waals surface area contributed by atoms with Gasteiger partial charge in [-0.15, -0.1) is 0 Å². The minimum atomic E-state index is -5.15. The van der Waals surface area contributed by atoms with Gasteiger partial charge in [-0.05, 0) is 111 Å². The van der Waals surface area contributed by atoms with E-state index in [2.05, 4.69) is 38.2 Å². The summed E-state index contributed by atoms with van der Waals surface area (Å²) in [5, 5.41) is 0. The van der Waals surface area contributed by atoms with Crippen LogP contribution in [0.5, 0.6) is 17.2 Å². The van der Waals surface area contributed by atoms with Crippen molar-refractivity contribution >= 4 is 41.5 Å². The van der Waals surface area contributed by atoms with Crippen molar-refractivity contribution in [3.05, 3.63) is 173 Å². The molecule has 0 amide bonds. The van der Waals surface area contributed by atoms with Crippen molar-refractivity contribution in [1.82, 2.24) is 0 Å². The maximum atomic E-state index is 15.0. The third-order valence-electron chi connectivity index (χ3n) is 8.46. The Hall–Kier alpha value is -7.98. The highest BCUT2D eigenvalue weighted by Gasteiger charge is 2.38. The Balaban J connectivity index is 1.82. The zero-order chi connectivity index (χ0) is 45.9. The van der Waals surface area contributed by atoms with Crippen LogP contribution in [0.3, 0.4) is 0 Å². The first-order chi connectivity index (χ1) is 29.2. The van der Waals surface area contributed by atoms with Gasteiger partial charge in [-0.25, -0.2) is 24.0 Å². The smallest absolute Gasteiger partial charge is 0.417 e. The van der Waals surface area contributed by atoms with E-state index in [1.54, 1.807) is 68.4 Å². The summed E-state index contributed by atoms with van der Waals surface area (Å²) < 4.78 is 71.1. The van der Waals surface area contributed by atoms with Crippen molar-refractivity contribution in [2.24, 2.45) is 0 Å². The highest BCUT2D eigenvalue weighted by Crippen LogP contribution is 2.40. The van der Waals surface area contributed by atoms with Crippen molar-refractivity contribution in [2.75, 3.05) is 0 Å². The van der Waals surface area contributed by atoms with Gasteiger partial charge in [0, 0.05) is 39.5 Å². The molecule has 0 heterocycles. The monoisotopic (exact) mass is 844 g/mol. The second-order valence-corrected chi connectivity index (χ2v) is 13.6. The molecule has 0 aromatic heterocycles. The average molecular weight is 845 g/mol. The van der Waals surface area contributed by atoms with E-state index in [-0.39, 0.29) is 28.0 Å². The predicted octanol–water partition coefficient (Wildman–Crippen LogP) is 10.4. The maximum absolute atomic E-state index is 15.0. The summed E-state index contributed by atoms with van der Waals surface area (Å²) in [6.45, 7) is 21.6. The first-order valence-corrected chi connectivity index (χ1v) is 18.3. The Labute approximate surface area is 355 Å². The summed E-state index contributed by atoms with van der Waals surface area (Å²) in [6.07, 6.45) is -1.83. The Morgan fingerprint density at radius 3 is 1.85 bits per heavy atom. The van der Waals surface area contributed by atoms with Crippen LogP contribution in [0.2, 0.25) is 0 Å². The van der Waals surface area contributed by atoms with E-state index in [9.17, 15) is 37.1 Å². The first kappa shape index (κ1) is 46.7. The molecular formula is C49H39F3O10. The van der Waals surface area contributed by atoms with Gasteiger partial charge in [-0.1, -0.05) is 68.5 Å². The lowest BCUT2D eigenvalue weighted by Gasteiger charge is -2.18. The molecule has 4 rings (SSSR count). The van der Waals surface area contributed by atoms with Gasteiger partial charge in [0.1, 0.15) is 17.1 Å². The molecule has 13 heteroatoms. The van der Waals surface area contributed by atoms with Gasteiger partial charge in [0.2, 0.25) is 0 Å². The zero-order valence-electron chi connectivity index (χ0n) is 34.3. The highest BCUT2D eigenvalue weighted by molar-refractivity contribution is 5.98. The topological polar surface area (TPSA) is 132 Å². The molecule has 0 saturated carbocycles. The molecule has 4 aromatic carbocycles. The lowest BCUT2D eigenvalue weighted by atomic mass is 9.95. The zero-order valence-corrected chi connectivity index (χ0v) is 34.3. The molecule has 0 aliphatic rings. The summed E-state index contributed by atoms with van der Waals surface area (Å²) in [5.74, 6) is 0.389. The third-order valence-corrected chi connectivity index (χ3v) is 8.46. The van der Waals surface area contributed by atoms with Gasteiger partial charge in [-0.3, -0.25) is 0 Å². The van der Waals surface area contributed by atoms with Crippen LogP contribution >= 0.6 is 0 Å². The van der Waals surface area contributed by atoms with Gasteiger partial charge < -0.3 is 23.7 Å². The molecule has 0 atom stereocenters. The number of halogens is 3. The largest absolute Gasteiger partial charge is 0.431 e. The predicted molar refractivity (Wildman–Crippen MR) is 226 cm³/mol. The molecule has 4 aromatic rings. The Morgan fingerprint density at radius 2 is 1.29 bits per heavy atom. The number of hydrogen-bond acceptors (Lipinski definition) is 10. The summed E-state index contributed by atoms with van der Waals surface area (Å²) in [4.78, 5) is 62.4. The van der Waals surface area contributed by atoms with Crippen LogP contribution < -0.4 is 14.2 Å². The molecule has 0 aliphatic carbocycles. The van der Waals surface area contributed by atoms with Gasteiger partial charge >= 0.3 is 36.0 Å². The Kier molecular flexibility index (Phi) is 15.3. The van der Waals surface area contributed by atoms with Crippen LogP contribution in [-0.2, 0) is 34.8 Å². The lowest BCUT2D eigenvalue weighted by Crippen LogP contribution is -2.17. The van der Waals surface area contributed by atoms with Crippen LogP contribution in [0, 0.1) is 18.8 Å². The molecule has 0 radical (unpaired) electrons. The normalized spacial score (nSPS) is 11.1. The SMILES string of the molecule is C=CC(=O)Oc1c(C(=O)O/C=C(\C)c2ccc(OC(=O)C(=C)C)cc2)cc(C(F)(F)F)c(C#Cc2ccc(-c3ccc(OC(=O)C(=C)C)c(C)c3)cc2)c1/C=C/OC(=O)C(=C)C. The number of rotatable bonds is 13. The molecule has 0 saturated heterocycles. The van der Waals surface area contributed by atoms with Crippen molar-refractivity contribution < 1.29 is 60.8 Å². The molecule has 0 spiro atoms. The molecular weight excluding hydrogens is 806 g/mol. The summed E-state index contributed by atoms with van der Waals surface area (Å²) in [5.41, 5.74) is 0.0151. The van der Waals surface area contributed by atoms with Gasteiger partial charge in [-0.2, -0.15) is 13.2 Å². The number of allylic oxidation sites excluding steroid dienone is 1. The van der Waals surface area contributed by atoms with E-state index >= 15 is 0 Å². The highest BCUT2D eigenvalue weighted by atomic mass is 19.4. The van der Waals surface area contributed by atoms with Crippen molar-refractivity contribution in [3.63, 3.8) is 0 Å². The fourth-order valence-electron chi connectivity index (χ4n) is 5.14.